The molecule has 0 bridgehead atoms. The first-order chi connectivity index (χ1) is 13.0. The fourth-order valence-corrected chi connectivity index (χ4v) is 3.25. The molecule has 3 rings (SSSR count). The first-order valence-electron chi connectivity index (χ1n) is 8.48. The molecule has 5 heteroatoms. The van der Waals surface area contributed by atoms with Crippen LogP contribution in [0.1, 0.15) is 23.6 Å². The first kappa shape index (κ1) is 18.9. The minimum atomic E-state index is -0.133. The predicted molar refractivity (Wildman–Crippen MR) is 113 cm³/mol. The van der Waals surface area contributed by atoms with Gasteiger partial charge in [-0.25, -0.2) is 0 Å². The fraction of sp³-hybridized carbons (Fsp3) is 0.0909. The number of phenolic OH excluding ortho intramolecular Hbond substituents is 1. The number of carbonyl (C=O) groups is 1. The molecule has 0 aliphatic rings. The molecule has 0 radical (unpaired) electrons. The largest absolute Gasteiger partial charge is 0.506 e. The maximum atomic E-state index is 11.2. The molecule has 0 aliphatic carbocycles. The molecule has 0 unspecified atom stereocenters. The Labute approximate surface area is 166 Å². The molecular weight excluding hydrogens is 404 g/mol. The second-order valence-corrected chi connectivity index (χ2v) is 7.02. The summed E-state index contributed by atoms with van der Waals surface area (Å²) >= 11 is 3.42. The Morgan fingerprint density at radius 1 is 1.07 bits per heavy atom. The number of aliphatic imine (C=N–C) groups is 1. The number of halogens is 1. The molecule has 3 aromatic carbocycles. The summed E-state index contributed by atoms with van der Waals surface area (Å²) in [7, 11) is 0. The average molecular weight is 423 g/mol. The highest BCUT2D eigenvalue weighted by atomic mass is 79.9. The van der Waals surface area contributed by atoms with E-state index in [-0.39, 0.29) is 11.7 Å². The second-order valence-electron chi connectivity index (χ2n) is 6.17. The molecule has 0 aromatic heterocycles. The highest BCUT2D eigenvalue weighted by Crippen LogP contribution is 2.30. The van der Waals surface area contributed by atoms with Gasteiger partial charge < -0.3 is 10.4 Å². The number of benzene rings is 3. The van der Waals surface area contributed by atoms with Crippen molar-refractivity contribution in [2.45, 2.75) is 13.3 Å². The van der Waals surface area contributed by atoms with Crippen LogP contribution in [0.15, 0.2) is 76.2 Å². The summed E-state index contributed by atoms with van der Waals surface area (Å²) in [6.07, 6.45) is 2.39. The lowest BCUT2D eigenvalue weighted by atomic mass is 10.0. The van der Waals surface area contributed by atoms with Gasteiger partial charge in [0.05, 0.1) is 10.2 Å². The molecule has 136 valence electrons. The van der Waals surface area contributed by atoms with Crippen molar-refractivity contribution in [3.05, 3.63) is 87.9 Å². The van der Waals surface area contributed by atoms with Gasteiger partial charge in [0.2, 0.25) is 5.91 Å². The number of nitrogens with one attached hydrogen (secondary N) is 1. The summed E-state index contributed by atoms with van der Waals surface area (Å²) in [6.45, 7) is 1.46. The van der Waals surface area contributed by atoms with E-state index in [1.807, 2.05) is 42.5 Å². The Morgan fingerprint density at radius 3 is 2.59 bits per heavy atom. The normalized spacial score (nSPS) is 10.9. The Kier molecular flexibility index (Phi) is 6.04. The van der Waals surface area contributed by atoms with E-state index in [0.29, 0.717) is 21.4 Å². The van der Waals surface area contributed by atoms with Gasteiger partial charge in [0, 0.05) is 24.4 Å². The number of carbonyl (C=O) groups excluding carboxylic acids is 1. The molecule has 27 heavy (non-hydrogen) atoms. The molecule has 4 nitrogen and oxygen atoms in total. The molecule has 0 aliphatic heterocycles. The van der Waals surface area contributed by atoms with E-state index < -0.39 is 0 Å². The van der Waals surface area contributed by atoms with Crippen LogP contribution < -0.4 is 5.32 Å². The zero-order valence-electron chi connectivity index (χ0n) is 14.8. The van der Waals surface area contributed by atoms with Crippen molar-refractivity contribution in [1.29, 1.82) is 0 Å². The van der Waals surface area contributed by atoms with Crippen LogP contribution in [0.4, 0.5) is 11.4 Å². The molecular formula is C22H19BrN2O2. The van der Waals surface area contributed by atoms with Crippen molar-refractivity contribution in [2.24, 2.45) is 4.99 Å². The monoisotopic (exact) mass is 422 g/mol. The van der Waals surface area contributed by atoms with Gasteiger partial charge in [-0.05, 0) is 63.8 Å². The number of rotatable bonds is 5. The highest BCUT2D eigenvalue weighted by molar-refractivity contribution is 9.10. The van der Waals surface area contributed by atoms with Crippen LogP contribution in [0, 0.1) is 0 Å². The first-order valence-corrected chi connectivity index (χ1v) is 9.27. The van der Waals surface area contributed by atoms with Gasteiger partial charge in [-0.15, -0.1) is 0 Å². The Bertz CT molecular complexity index is 985. The van der Waals surface area contributed by atoms with Crippen molar-refractivity contribution in [3.63, 3.8) is 0 Å². The zero-order chi connectivity index (χ0) is 19.2. The Morgan fingerprint density at radius 2 is 1.85 bits per heavy atom. The fourth-order valence-electron chi connectivity index (χ4n) is 2.72. The summed E-state index contributed by atoms with van der Waals surface area (Å²) in [5.74, 6) is 0.0138. The minimum absolute atomic E-state index is 0.133. The van der Waals surface area contributed by atoms with E-state index in [1.54, 1.807) is 18.3 Å². The summed E-state index contributed by atoms with van der Waals surface area (Å²) in [4.78, 5) is 15.6. The van der Waals surface area contributed by atoms with Gasteiger partial charge in [0.1, 0.15) is 5.75 Å². The summed E-state index contributed by atoms with van der Waals surface area (Å²) in [6, 6.07) is 21.2. The van der Waals surface area contributed by atoms with Gasteiger partial charge in [-0.2, -0.15) is 0 Å². The van der Waals surface area contributed by atoms with Gasteiger partial charge in [0.15, 0.2) is 0 Å². The standard InChI is InChI=1S/C22H19BrN2O2/c1-15(26)25-20-9-5-8-19(13-20)24-14-18-11-17(12-21(23)22(18)27)10-16-6-3-2-4-7-16/h2-9,11-14,27H,10H2,1H3,(H,25,26). The van der Waals surface area contributed by atoms with Crippen LogP contribution in [0.3, 0.4) is 0 Å². The van der Waals surface area contributed by atoms with Gasteiger partial charge in [-0.1, -0.05) is 36.4 Å². The zero-order valence-corrected chi connectivity index (χ0v) is 16.4. The third-order valence-electron chi connectivity index (χ3n) is 3.92. The van der Waals surface area contributed by atoms with Crippen molar-refractivity contribution >= 4 is 39.4 Å². The van der Waals surface area contributed by atoms with Crippen molar-refractivity contribution in [1.82, 2.24) is 0 Å². The van der Waals surface area contributed by atoms with E-state index in [9.17, 15) is 9.90 Å². The van der Waals surface area contributed by atoms with E-state index >= 15 is 0 Å². The van der Waals surface area contributed by atoms with Crippen molar-refractivity contribution in [2.75, 3.05) is 5.32 Å². The van der Waals surface area contributed by atoms with Gasteiger partial charge in [-0.3, -0.25) is 9.79 Å². The predicted octanol–water partition coefficient (Wildman–Crippen LogP) is 5.45. The van der Waals surface area contributed by atoms with E-state index in [2.05, 4.69) is 38.4 Å². The van der Waals surface area contributed by atoms with Crippen molar-refractivity contribution < 1.29 is 9.90 Å². The molecule has 2 N–H and O–H groups in total. The second kappa shape index (κ2) is 8.64. The smallest absolute Gasteiger partial charge is 0.221 e. The molecule has 0 spiro atoms. The maximum absolute atomic E-state index is 11.2. The third-order valence-corrected chi connectivity index (χ3v) is 4.53. The van der Waals surface area contributed by atoms with E-state index in [1.165, 1.54) is 12.5 Å². The number of hydrogen-bond donors (Lipinski definition) is 2. The molecule has 1 amide bonds. The van der Waals surface area contributed by atoms with Crippen LogP contribution in [0.2, 0.25) is 0 Å². The van der Waals surface area contributed by atoms with Crippen LogP contribution in [0.5, 0.6) is 5.75 Å². The van der Waals surface area contributed by atoms with Crippen molar-refractivity contribution in [3.8, 4) is 5.75 Å². The molecule has 0 heterocycles. The average Bonchev–Trinajstić information content (AvgIpc) is 2.64. The summed E-state index contributed by atoms with van der Waals surface area (Å²) < 4.78 is 0.629. The third kappa shape index (κ3) is 5.28. The number of nitrogens with zero attached hydrogens (tertiary/aromatic N) is 1. The lowest BCUT2D eigenvalue weighted by Crippen LogP contribution is -2.05. The van der Waals surface area contributed by atoms with E-state index in [0.717, 1.165) is 12.0 Å². The molecule has 0 fully saturated rings. The van der Waals surface area contributed by atoms with Crippen LogP contribution in [-0.4, -0.2) is 17.2 Å². The molecule has 0 saturated heterocycles. The summed E-state index contributed by atoms with van der Waals surface area (Å²) in [5.41, 5.74) is 4.26. The Balaban J connectivity index is 1.85. The van der Waals surface area contributed by atoms with Crippen LogP contribution >= 0.6 is 15.9 Å². The lowest BCUT2D eigenvalue weighted by molar-refractivity contribution is -0.114. The number of amides is 1. The number of anilines is 1. The number of aromatic hydroxyl groups is 1. The Hall–Kier alpha value is -2.92. The lowest BCUT2D eigenvalue weighted by Gasteiger charge is -2.08. The maximum Gasteiger partial charge on any atom is 0.221 e. The quantitative estimate of drug-likeness (QED) is 0.536. The molecule has 0 saturated carbocycles. The number of hydrogen-bond acceptors (Lipinski definition) is 3. The molecule has 3 aromatic rings. The van der Waals surface area contributed by atoms with E-state index in [4.69, 9.17) is 0 Å². The SMILES string of the molecule is CC(=O)Nc1cccc(N=Cc2cc(Cc3ccccc3)cc(Br)c2O)c1. The minimum Gasteiger partial charge on any atom is -0.506 e. The van der Waals surface area contributed by atoms with Crippen LogP contribution in [0.25, 0.3) is 0 Å². The highest BCUT2D eigenvalue weighted by Gasteiger charge is 2.08. The van der Waals surface area contributed by atoms with Crippen LogP contribution in [-0.2, 0) is 11.2 Å². The van der Waals surface area contributed by atoms with Gasteiger partial charge >= 0.3 is 0 Å². The molecule has 0 atom stereocenters. The topological polar surface area (TPSA) is 61.7 Å². The van der Waals surface area contributed by atoms with Gasteiger partial charge in [0.25, 0.3) is 0 Å². The number of phenols is 1. The summed E-state index contributed by atoms with van der Waals surface area (Å²) in [5, 5.41) is 13.1.